The Kier molecular flexibility index (Phi) is 6.38. The van der Waals surface area contributed by atoms with Crippen LogP contribution in [0.4, 0.5) is 0 Å². The number of esters is 1. The Balaban J connectivity index is 0.00000289. The topological polar surface area (TPSA) is 26.3 Å². The number of carbonyl (C=O) groups is 1. The Labute approximate surface area is 117 Å². The molecule has 0 saturated heterocycles. The summed E-state index contributed by atoms with van der Waals surface area (Å²) in [7, 11) is 7.69. The molecular formula is C14H26ClNO2. The first-order valence-corrected chi connectivity index (χ1v) is 6.33. The highest BCUT2D eigenvalue weighted by Crippen LogP contribution is 2.34. The maximum absolute atomic E-state index is 12.0. The second kappa shape index (κ2) is 6.58. The molecule has 0 saturated carbocycles. The molecule has 0 spiro atoms. The number of hydrogen-bond acceptors (Lipinski definition) is 2. The highest BCUT2D eigenvalue weighted by Gasteiger charge is 2.42. The van der Waals surface area contributed by atoms with Gasteiger partial charge in [-0.05, 0) is 25.7 Å². The van der Waals surface area contributed by atoms with Crippen LogP contribution in [0.15, 0.2) is 11.6 Å². The third kappa shape index (κ3) is 3.99. The molecule has 18 heavy (non-hydrogen) atoms. The maximum atomic E-state index is 12.0. The molecule has 1 aliphatic rings. The van der Waals surface area contributed by atoms with Gasteiger partial charge in [-0.15, -0.1) is 0 Å². The summed E-state index contributed by atoms with van der Waals surface area (Å²) in [4.78, 5) is 12.0. The number of halogens is 1. The van der Waals surface area contributed by atoms with Gasteiger partial charge in [-0.25, -0.2) is 4.79 Å². The van der Waals surface area contributed by atoms with Crippen molar-refractivity contribution in [2.75, 3.05) is 28.3 Å². The summed E-state index contributed by atoms with van der Waals surface area (Å²) in [5.74, 6) is 0.749. The lowest BCUT2D eigenvalue weighted by Crippen LogP contribution is -3.00. The standard InChI is InChI=1S/C14H26NO2.ClH/c1-10-7-8-12(11(2)9-10)13(14(16)17-6)15(3,4)5;/h9,11-13H,7-8H2,1-6H3;1H/q+1;/p-1. The molecule has 0 aromatic carbocycles. The van der Waals surface area contributed by atoms with Crippen LogP contribution in [-0.4, -0.2) is 44.7 Å². The summed E-state index contributed by atoms with van der Waals surface area (Å²) in [6.07, 6.45) is 4.49. The summed E-state index contributed by atoms with van der Waals surface area (Å²) in [6.45, 7) is 4.38. The van der Waals surface area contributed by atoms with Gasteiger partial charge in [-0.1, -0.05) is 18.6 Å². The minimum Gasteiger partial charge on any atom is -1.00 e. The molecule has 3 unspecified atom stereocenters. The van der Waals surface area contributed by atoms with E-state index in [1.807, 2.05) is 0 Å². The van der Waals surface area contributed by atoms with Gasteiger partial charge in [0.05, 0.1) is 28.3 Å². The fraction of sp³-hybridized carbons (Fsp3) is 0.786. The van der Waals surface area contributed by atoms with Crippen molar-refractivity contribution in [3.8, 4) is 0 Å². The van der Waals surface area contributed by atoms with E-state index >= 15 is 0 Å². The maximum Gasteiger partial charge on any atom is 0.365 e. The van der Waals surface area contributed by atoms with Gasteiger partial charge < -0.3 is 21.6 Å². The van der Waals surface area contributed by atoms with Crippen molar-refractivity contribution >= 4 is 5.97 Å². The zero-order chi connectivity index (χ0) is 13.2. The summed E-state index contributed by atoms with van der Waals surface area (Å²) in [5.41, 5.74) is 1.44. The normalized spacial score (nSPS) is 25.8. The number of nitrogens with zero attached hydrogens (tertiary/aromatic N) is 1. The van der Waals surface area contributed by atoms with E-state index in [4.69, 9.17) is 4.74 Å². The molecule has 0 aliphatic heterocycles. The Morgan fingerprint density at radius 2 is 2.00 bits per heavy atom. The van der Waals surface area contributed by atoms with E-state index in [2.05, 4.69) is 41.1 Å². The first-order chi connectivity index (χ1) is 7.77. The van der Waals surface area contributed by atoms with E-state index in [-0.39, 0.29) is 24.4 Å². The van der Waals surface area contributed by atoms with Crippen LogP contribution < -0.4 is 12.4 Å². The number of allylic oxidation sites excluding steroid dienone is 2. The van der Waals surface area contributed by atoms with Crippen LogP contribution in [0.2, 0.25) is 0 Å². The second-order valence-corrected chi connectivity index (χ2v) is 6.16. The zero-order valence-electron chi connectivity index (χ0n) is 12.4. The van der Waals surface area contributed by atoms with Crippen molar-refractivity contribution in [2.24, 2.45) is 11.8 Å². The molecular weight excluding hydrogens is 250 g/mol. The average molecular weight is 276 g/mol. The summed E-state index contributed by atoms with van der Waals surface area (Å²) in [5, 5.41) is 0. The Morgan fingerprint density at radius 3 is 2.39 bits per heavy atom. The molecule has 0 heterocycles. The molecule has 3 nitrogen and oxygen atoms in total. The second-order valence-electron chi connectivity index (χ2n) is 6.16. The van der Waals surface area contributed by atoms with Gasteiger partial charge >= 0.3 is 5.97 Å². The minimum absolute atomic E-state index is 0. The van der Waals surface area contributed by atoms with Crippen LogP contribution in [0.25, 0.3) is 0 Å². The highest BCUT2D eigenvalue weighted by atomic mass is 35.5. The molecule has 3 atom stereocenters. The quantitative estimate of drug-likeness (QED) is 0.384. The van der Waals surface area contributed by atoms with Gasteiger partial charge in [0.1, 0.15) is 0 Å². The number of rotatable bonds is 3. The largest absolute Gasteiger partial charge is 1.00 e. The average Bonchev–Trinajstić information content (AvgIpc) is 2.19. The predicted octanol–water partition coefficient (Wildman–Crippen LogP) is -0.769. The first-order valence-electron chi connectivity index (χ1n) is 6.33. The molecule has 0 amide bonds. The number of likely N-dealkylation sites (N-methyl/N-ethyl adjacent to an activating group) is 1. The molecule has 106 valence electrons. The van der Waals surface area contributed by atoms with Crippen molar-refractivity contribution in [2.45, 2.75) is 32.7 Å². The van der Waals surface area contributed by atoms with E-state index in [1.54, 1.807) is 0 Å². The lowest BCUT2D eigenvalue weighted by atomic mass is 9.77. The molecule has 4 heteroatoms. The van der Waals surface area contributed by atoms with Crippen molar-refractivity contribution < 1.29 is 26.4 Å². The SMILES string of the molecule is COC(=O)C(C1CCC(C)=CC1C)[N+](C)(C)C.[Cl-]. The molecule has 1 aliphatic carbocycles. The molecule has 0 radical (unpaired) electrons. The Hall–Kier alpha value is -0.540. The fourth-order valence-electron chi connectivity index (χ4n) is 2.94. The summed E-state index contributed by atoms with van der Waals surface area (Å²) < 4.78 is 5.63. The molecule has 0 bridgehead atoms. The van der Waals surface area contributed by atoms with Crippen molar-refractivity contribution in [1.29, 1.82) is 0 Å². The van der Waals surface area contributed by atoms with Gasteiger partial charge in [-0.3, -0.25) is 0 Å². The fourth-order valence-corrected chi connectivity index (χ4v) is 2.94. The lowest BCUT2D eigenvalue weighted by molar-refractivity contribution is -0.891. The molecule has 0 fully saturated rings. The van der Waals surface area contributed by atoms with Crippen molar-refractivity contribution in [1.82, 2.24) is 0 Å². The number of hydrogen-bond donors (Lipinski definition) is 0. The van der Waals surface area contributed by atoms with E-state index < -0.39 is 0 Å². The summed E-state index contributed by atoms with van der Waals surface area (Å²) in [6, 6.07) is -0.0700. The lowest BCUT2D eigenvalue weighted by Gasteiger charge is -2.40. The number of methoxy groups -OCH3 is 1. The van der Waals surface area contributed by atoms with E-state index in [0.717, 1.165) is 12.8 Å². The van der Waals surface area contributed by atoms with Crippen LogP contribution in [0, 0.1) is 11.8 Å². The van der Waals surface area contributed by atoms with Gasteiger partial charge in [0.15, 0.2) is 6.04 Å². The Morgan fingerprint density at radius 1 is 1.44 bits per heavy atom. The van der Waals surface area contributed by atoms with Gasteiger partial charge in [0, 0.05) is 5.92 Å². The van der Waals surface area contributed by atoms with Crippen molar-refractivity contribution in [3.63, 3.8) is 0 Å². The van der Waals surface area contributed by atoms with Gasteiger partial charge in [0.2, 0.25) is 0 Å². The third-order valence-corrected chi connectivity index (χ3v) is 3.78. The van der Waals surface area contributed by atoms with Crippen LogP contribution in [0.1, 0.15) is 26.7 Å². The van der Waals surface area contributed by atoms with Crippen LogP contribution >= 0.6 is 0 Å². The summed E-state index contributed by atoms with van der Waals surface area (Å²) >= 11 is 0. The van der Waals surface area contributed by atoms with E-state index in [1.165, 1.54) is 12.7 Å². The molecule has 0 aromatic heterocycles. The first kappa shape index (κ1) is 17.5. The van der Waals surface area contributed by atoms with Gasteiger partial charge in [-0.2, -0.15) is 0 Å². The molecule has 0 aromatic rings. The smallest absolute Gasteiger partial charge is 0.365 e. The van der Waals surface area contributed by atoms with Crippen LogP contribution in [-0.2, 0) is 9.53 Å². The predicted molar refractivity (Wildman–Crippen MR) is 69.5 cm³/mol. The van der Waals surface area contributed by atoms with Crippen LogP contribution in [0.5, 0.6) is 0 Å². The van der Waals surface area contributed by atoms with Crippen LogP contribution in [0.3, 0.4) is 0 Å². The van der Waals surface area contributed by atoms with Gasteiger partial charge in [0.25, 0.3) is 0 Å². The third-order valence-electron chi connectivity index (χ3n) is 3.78. The number of carbonyl (C=O) groups excluding carboxylic acids is 1. The minimum atomic E-state index is -0.0812. The van der Waals surface area contributed by atoms with Crippen molar-refractivity contribution in [3.05, 3.63) is 11.6 Å². The monoisotopic (exact) mass is 275 g/mol. The van der Waals surface area contributed by atoms with E-state index in [9.17, 15) is 4.79 Å². The number of quaternary nitrogens is 1. The highest BCUT2D eigenvalue weighted by molar-refractivity contribution is 5.75. The zero-order valence-corrected chi connectivity index (χ0v) is 13.1. The molecule has 1 rings (SSSR count). The Bertz CT molecular complexity index is 320. The van der Waals surface area contributed by atoms with E-state index in [0.29, 0.717) is 16.3 Å². The molecule has 0 N–H and O–H groups in total. The number of ether oxygens (including phenoxy) is 1.